The van der Waals surface area contributed by atoms with Gasteiger partial charge in [0.25, 0.3) is 0 Å². The average Bonchev–Trinajstić information content (AvgIpc) is 2.95. The van der Waals surface area contributed by atoms with E-state index in [1.807, 2.05) is 4.90 Å². The number of hydrogen-bond donors (Lipinski definition) is 2. The molecular formula is C17H24N4O. The number of H-pyrrole nitrogens is 1. The van der Waals surface area contributed by atoms with Crippen LogP contribution >= 0.6 is 0 Å². The molecule has 0 radical (unpaired) electrons. The fourth-order valence-electron chi connectivity index (χ4n) is 3.04. The number of benzene rings is 1. The Labute approximate surface area is 131 Å². The van der Waals surface area contributed by atoms with Gasteiger partial charge in [-0.05, 0) is 43.9 Å². The second kappa shape index (κ2) is 6.38. The first-order valence-electron chi connectivity index (χ1n) is 8.16. The van der Waals surface area contributed by atoms with Gasteiger partial charge in [0, 0.05) is 25.6 Å². The number of nitrogens with zero attached hydrogens (tertiary/aromatic N) is 2. The van der Waals surface area contributed by atoms with E-state index in [2.05, 4.69) is 42.3 Å². The highest BCUT2D eigenvalue weighted by Crippen LogP contribution is 2.27. The van der Waals surface area contributed by atoms with Crippen LogP contribution in [0.5, 0.6) is 0 Å². The van der Waals surface area contributed by atoms with E-state index in [-0.39, 0.29) is 6.03 Å². The summed E-state index contributed by atoms with van der Waals surface area (Å²) in [5.41, 5.74) is 3.38. The molecule has 1 aliphatic rings. The zero-order valence-electron chi connectivity index (χ0n) is 13.4. The lowest BCUT2D eigenvalue weighted by Crippen LogP contribution is -2.44. The predicted molar refractivity (Wildman–Crippen MR) is 88.1 cm³/mol. The van der Waals surface area contributed by atoms with Crippen LogP contribution in [0.4, 0.5) is 4.79 Å². The summed E-state index contributed by atoms with van der Waals surface area (Å²) in [5.74, 6) is 1.48. The minimum Gasteiger partial charge on any atom is -0.342 e. The van der Waals surface area contributed by atoms with Crippen molar-refractivity contribution >= 4 is 17.1 Å². The fraction of sp³-hybridized carbons (Fsp3) is 0.529. The van der Waals surface area contributed by atoms with Crippen LogP contribution in [0.3, 0.4) is 0 Å². The Balaban J connectivity index is 1.64. The normalized spacial score (nSPS) is 16.2. The molecule has 2 N–H and O–H groups in total. The summed E-state index contributed by atoms with van der Waals surface area (Å²) in [6, 6.07) is 6.37. The molecule has 2 aromatic rings. The lowest BCUT2D eigenvalue weighted by Gasteiger charge is -2.31. The van der Waals surface area contributed by atoms with Crippen LogP contribution in [-0.2, 0) is 0 Å². The third kappa shape index (κ3) is 3.08. The Morgan fingerprint density at radius 1 is 1.41 bits per heavy atom. The molecule has 0 aliphatic carbocycles. The van der Waals surface area contributed by atoms with Gasteiger partial charge in [0.1, 0.15) is 5.82 Å². The van der Waals surface area contributed by atoms with Crippen molar-refractivity contribution in [2.75, 3.05) is 19.6 Å². The molecular weight excluding hydrogens is 276 g/mol. The van der Waals surface area contributed by atoms with Gasteiger partial charge in [-0.3, -0.25) is 0 Å². The van der Waals surface area contributed by atoms with Gasteiger partial charge in [0.05, 0.1) is 11.0 Å². The first-order valence-corrected chi connectivity index (χ1v) is 8.16. The van der Waals surface area contributed by atoms with E-state index in [9.17, 15) is 4.79 Å². The van der Waals surface area contributed by atoms with Crippen LogP contribution in [0.1, 0.15) is 43.5 Å². The van der Waals surface area contributed by atoms with Gasteiger partial charge in [-0.15, -0.1) is 0 Å². The Morgan fingerprint density at radius 3 is 2.91 bits per heavy atom. The Bertz CT molecular complexity index is 656. The van der Waals surface area contributed by atoms with Crippen molar-refractivity contribution in [1.29, 1.82) is 0 Å². The molecule has 1 fully saturated rings. The molecule has 2 heterocycles. The summed E-state index contributed by atoms with van der Waals surface area (Å²) in [7, 11) is 0. The van der Waals surface area contributed by atoms with Gasteiger partial charge in [0.2, 0.25) is 0 Å². The molecule has 0 atom stereocenters. The van der Waals surface area contributed by atoms with Crippen LogP contribution in [0, 0.1) is 6.92 Å². The van der Waals surface area contributed by atoms with Crippen LogP contribution in [0.2, 0.25) is 0 Å². The minimum atomic E-state index is 0.0699. The quantitative estimate of drug-likeness (QED) is 0.914. The number of carbonyl (C=O) groups is 1. The highest BCUT2D eigenvalue weighted by molar-refractivity contribution is 5.76. The van der Waals surface area contributed by atoms with Crippen LogP contribution in [0.15, 0.2) is 18.2 Å². The summed E-state index contributed by atoms with van der Waals surface area (Å²) in [4.78, 5) is 22.1. The Kier molecular flexibility index (Phi) is 4.32. The molecule has 0 saturated carbocycles. The van der Waals surface area contributed by atoms with Crippen molar-refractivity contribution in [1.82, 2.24) is 20.2 Å². The number of aromatic nitrogens is 2. The minimum absolute atomic E-state index is 0.0699. The summed E-state index contributed by atoms with van der Waals surface area (Å²) in [5, 5.41) is 2.95. The second-order valence-corrected chi connectivity index (χ2v) is 6.14. The van der Waals surface area contributed by atoms with Gasteiger partial charge in [-0.25, -0.2) is 9.78 Å². The fourth-order valence-corrected chi connectivity index (χ4v) is 3.04. The lowest BCUT2D eigenvalue weighted by molar-refractivity contribution is 0.180. The van der Waals surface area contributed by atoms with Gasteiger partial charge in [-0.2, -0.15) is 0 Å². The molecule has 0 unspecified atom stereocenters. The number of amides is 2. The largest absolute Gasteiger partial charge is 0.342 e. The molecule has 1 saturated heterocycles. The van der Waals surface area contributed by atoms with Crippen molar-refractivity contribution in [3.63, 3.8) is 0 Å². The molecule has 1 aromatic heterocycles. The Hall–Kier alpha value is -2.04. The molecule has 0 bridgehead atoms. The van der Waals surface area contributed by atoms with Crippen LogP contribution in [0.25, 0.3) is 11.0 Å². The number of fused-ring (bicyclic) bond motifs is 1. The number of likely N-dealkylation sites (tertiary alicyclic amines) is 1. The van der Waals surface area contributed by atoms with Crippen LogP contribution in [-0.4, -0.2) is 40.5 Å². The highest BCUT2D eigenvalue weighted by Gasteiger charge is 2.25. The van der Waals surface area contributed by atoms with Gasteiger partial charge in [-0.1, -0.05) is 13.0 Å². The monoisotopic (exact) mass is 300 g/mol. The standard InChI is InChI=1S/C17H24N4O/c1-3-8-18-17(22)21-9-6-13(7-10-21)16-19-14-5-4-12(2)11-15(14)20-16/h4-5,11,13H,3,6-10H2,1-2H3,(H,18,22)(H,19,20). The molecule has 1 aliphatic heterocycles. The van der Waals surface area contributed by atoms with E-state index in [0.717, 1.165) is 55.8 Å². The maximum absolute atomic E-state index is 12.0. The number of urea groups is 1. The molecule has 118 valence electrons. The zero-order valence-corrected chi connectivity index (χ0v) is 13.4. The van der Waals surface area contributed by atoms with Crippen molar-refractivity contribution in [2.45, 2.75) is 39.0 Å². The van der Waals surface area contributed by atoms with Gasteiger partial charge >= 0.3 is 6.03 Å². The third-order valence-corrected chi connectivity index (χ3v) is 4.35. The van der Waals surface area contributed by atoms with Crippen LogP contribution < -0.4 is 5.32 Å². The predicted octanol–water partition coefficient (Wildman–Crippen LogP) is 3.17. The summed E-state index contributed by atoms with van der Waals surface area (Å²) in [6.45, 7) is 6.51. The van der Waals surface area contributed by atoms with Crippen molar-refractivity contribution < 1.29 is 4.79 Å². The van der Waals surface area contributed by atoms with E-state index in [4.69, 9.17) is 4.98 Å². The van der Waals surface area contributed by atoms with Gasteiger partial charge in [0.15, 0.2) is 0 Å². The maximum atomic E-state index is 12.0. The number of piperidine rings is 1. The molecule has 0 spiro atoms. The average molecular weight is 300 g/mol. The van der Waals surface area contributed by atoms with Crippen molar-refractivity contribution in [2.24, 2.45) is 0 Å². The number of rotatable bonds is 3. The number of aromatic amines is 1. The summed E-state index contributed by atoms with van der Waals surface area (Å²) >= 11 is 0. The zero-order chi connectivity index (χ0) is 15.5. The first kappa shape index (κ1) is 14.9. The lowest BCUT2D eigenvalue weighted by atomic mass is 9.96. The smallest absolute Gasteiger partial charge is 0.317 e. The number of aryl methyl sites for hydroxylation is 1. The van der Waals surface area contributed by atoms with Gasteiger partial charge < -0.3 is 15.2 Å². The van der Waals surface area contributed by atoms with E-state index in [0.29, 0.717) is 5.92 Å². The van der Waals surface area contributed by atoms with E-state index in [1.165, 1.54) is 5.56 Å². The van der Waals surface area contributed by atoms with Crippen molar-refractivity contribution in [3.05, 3.63) is 29.6 Å². The molecule has 5 nitrogen and oxygen atoms in total. The SMILES string of the molecule is CCCNC(=O)N1CCC(c2nc3ccc(C)cc3[nH]2)CC1. The maximum Gasteiger partial charge on any atom is 0.317 e. The van der Waals surface area contributed by atoms with E-state index < -0.39 is 0 Å². The third-order valence-electron chi connectivity index (χ3n) is 4.35. The van der Waals surface area contributed by atoms with E-state index >= 15 is 0 Å². The highest BCUT2D eigenvalue weighted by atomic mass is 16.2. The molecule has 22 heavy (non-hydrogen) atoms. The molecule has 2 amide bonds. The molecule has 1 aromatic carbocycles. The number of carbonyl (C=O) groups excluding carboxylic acids is 1. The number of nitrogens with one attached hydrogen (secondary N) is 2. The van der Waals surface area contributed by atoms with Crippen molar-refractivity contribution in [3.8, 4) is 0 Å². The second-order valence-electron chi connectivity index (χ2n) is 6.14. The Morgan fingerprint density at radius 2 is 2.18 bits per heavy atom. The molecule has 3 rings (SSSR count). The number of imidazole rings is 1. The van der Waals surface area contributed by atoms with E-state index in [1.54, 1.807) is 0 Å². The summed E-state index contributed by atoms with van der Waals surface area (Å²) in [6.07, 6.45) is 2.91. The topological polar surface area (TPSA) is 61.0 Å². The molecule has 5 heteroatoms. The number of hydrogen-bond acceptors (Lipinski definition) is 2. The summed E-state index contributed by atoms with van der Waals surface area (Å²) < 4.78 is 0. The first-order chi connectivity index (χ1) is 10.7.